The molecule has 0 aliphatic heterocycles. The predicted molar refractivity (Wildman–Crippen MR) is 52.3 cm³/mol. The van der Waals surface area contributed by atoms with E-state index in [1.165, 1.54) is 12.5 Å². The summed E-state index contributed by atoms with van der Waals surface area (Å²) in [5, 5.41) is 21.8. The van der Waals surface area contributed by atoms with E-state index in [0.717, 1.165) is 0 Å². The minimum Gasteiger partial charge on any atom is -0.862 e. The molecule has 1 rings (SSSR count). The molecular weight excluding hydrogens is 278 g/mol. The van der Waals surface area contributed by atoms with Crippen LogP contribution in [0.4, 0.5) is 0 Å². The first-order chi connectivity index (χ1) is 7.63. The Kier molecular flexibility index (Phi) is 7.33. The number of aromatic nitrogens is 2. The number of hydrogen-bond donors (Lipinski definition) is 1. The van der Waals surface area contributed by atoms with Crippen molar-refractivity contribution in [2.45, 2.75) is 18.9 Å². The maximum atomic E-state index is 11.1. The number of H-pyrrole nitrogens is 1. The van der Waals surface area contributed by atoms with E-state index in [2.05, 4.69) is 15.0 Å². The van der Waals surface area contributed by atoms with E-state index in [0.29, 0.717) is 5.69 Å². The molecular formula is C9H11N4O3Zn-3. The zero-order valence-electron chi connectivity index (χ0n) is 9.18. The van der Waals surface area contributed by atoms with Gasteiger partial charge in [-0.25, -0.2) is 4.98 Å². The van der Waals surface area contributed by atoms with Crippen LogP contribution in [0.3, 0.4) is 0 Å². The first-order valence-corrected chi connectivity index (χ1v) is 4.70. The third-order valence-corrected chi connectivity index (χ3v) is 1.88. The number of hydrogen-bond acceptors (Lipinski definition) is 5. The summed E-state index contributed by atoms with van der Waals surface area (Å²) < 4.78 is 0. The van der Waals surface area contributed by atoms with Gasteiger partial charge >= 0.3 is 0 Å². The second kappa shape index (κ2) is 7.92. The van der Waals surface area contributed by atoms with Gasteiger partial charge in [-0.05, 0) is 12.3 Å². The Bertz CT molecular complexity index is 366. The van der Waals surface area contributed by atoms with Crippen LogP contribution in [0.2, 0.25) is 0 Å². The molecule has 1 atom stereocenters. The Morgan fingerprint density at radius 2 is 2.29 bits per heavy atom. The van der Waals surface area contributed by atoms with E-state index in [1.807, 2.05) is 0 Å². The molecule has 1 aromatic heterocycles. The first-order valence-electron chi connectivity index (χ1n) is 4.70. The number of aromatic amines is 1. The van der Waals surface area contributed by atoms with Crippen molar-refractivity contribution in [1.82, 2.24) is 9.97 Å². The number of nitrogens with zero attached hydrogens (tertiary/aromatic N) is 2. The van der Waals surface area contributed by atoms with Gasteiger partial charge in [-0.1, -0.05) is 0 Å². The predicted octanol–water partition coefficient (Wildman–Crippen LogP) is -1.73. The fourth-order valence-electron chi connectivity index (χ4n) is 1.13. The number of carboxylic acid groups (broad SMARTS) is 1. The molecule has 17 heavy (non-hydrogen) atoms. The molecule has 0 unspecified atom stereocenters. The van der Waals surface area contributed by atoms with Crippen LogP contribution in [0.25, 0.3) is 5.73 Å². The van der Waals surface area contributed by atoms with Crippen LogP contribution in [-0.2, 0) is 30.7 Å². The third kappa shape index (κ3) is 5.56. The molecule has 7 nitrogen and oxygen atoms in total. The molecule has 0 aromatic carbocycles. The van der Waals surface area contributed by atoms with Crippen molar-refractivity contribution in [1.29, 1.82) is 0 Å². The number of nitrogens with one attached hydrogen (secondary N) is 2. The van der Waals surface area contributed by atoms with Crippen LogP contribution in [0.1, 0.15) is 12.1 Å². The quantitative estimate of drug-likeness (QED) is 0.379. The van der Waals surface area contributed by atoms with Crippen molar-refractivity contribution < 1.29 is 34.5 Å². The number of imidazole rings is 1. The van der Waals surface area contributed by atoms with E-state index in [1.54, 1.807) is 0 Å². The molecule has 0 amide bonds. The molecule has 0 bridgehead atoms. The van der Waals surface area contributed by atoms with Crippen molar-refractivity contribution in [3.8, 4) is 0 Å². The van der Waals surface area contributed by atoms with Gasteiger partial charge in [0.2, 0.25) is 0 Å². The summed E-state index contributed by atoms with van der Waals surface area (Å²) in [6, 6.07) is -1.22. The molecule has 1 heterocycles. The zero-order chi connectivity index (χ0) is 12.0. The Morgan fingerprint density at radius 3 is 2.76 bits per heavy atom. The normalized spacial score (nSPS) is 12.9. The number of rotatable bonds is 6. The average Bonchev–Trinajstić information content (AvgIpc) is 2.69. The van der Waals surface area contributed by atoms with Crippen LogP contribution < -0.4 is 10.2 Å². The van der Waals surface area contributed by atoms with Crippen LogP contribution >= 0.6 is 0 Å². The van der Waals surface area contributed by atoms with E-state index in [4.69, 9.17) is 5.73 Å². The van der Waals surface area contributed by atoms with Crippen LogP contribution in [0, 0.1) is 0 Å². The van der Waals surface area contributed by atoms with E-state index in [-0.39, 0.29) is 38.9 Å². The summed E-state index contributed by atoms with van der Waals surface area (Å²) in [6.45, 7) is -0.105. The molecule has 0 saturated heterocycles. The largest absolute Gasteiger partial charge is 0.862 e. The summed E-state index contributed by atoms with van der Waals surface area (Å²) in [4.78, 5) is 20.6. The van der Waals surface area contributed by atoms with Gasteiger partial charge in [-0.2, -0.15) is 0 Å². The summed E-state index contributed by atoms with van der Waals surface area (Å²) in [6.07, 6.45) is 2.83. The zero-order valence-corrected chi connectivity index (χ0v) is 12.1. The Balaban J connectivity index is 0.00000256. The van der Waals surface area contributed by atoms with Gasteiger partial charge in [-0.3, -0.25) is 4.99 Å². The van der Waals surface area contributed by atoms with E-state index >= 15 is 0 Å². The van der Waals surface area contributed by atoms with Gasteiger partial charge in [-0.15, -0.1) is 6.54 Å². The van der Waals surface area contributed by atoms with E-state index < -0.39 is 17.9 Å². The smallest absolute Gasteiger partial charge is 0.0936 e. The van der Waals surface area contributed by atoms with Gasteiger partial charge in [0.1, 0.15) is 0 Å². The van der Waals surface area contributed by atoms with Crippen molar-refractivity contribution >= 4 is 11.9 Å². The Hall–Kier alpha value is -1.27. The van der Waals surface area contributed by atoms with Crippen LogP contribution in [0.15, 0.2) is 17.5 Å². The maximum absolute atomic E-state index is 11.1. The summed E-state index contributed by atoms with van der Waals surface area (Å²) in [5.41, 5.74) is 7.39. The maximum Gasteiger partial charge on any atom is 0.0936 e. The minimum absolute atomic E-state index is 0. The second-order valence-corrected chi connectivity index (χ2v) is 3.14. The van der Waals surface area contributed by atoms with Gasteiger partial charge < -0.3 is 25.7 Å². The molecule has 0 spiro atoms. The fourth-order valence-corrected chi connectivity index (χ4v) is 1.13. The van der Waals surface area contributed by atoms with Crippen LogP contribution in [-0.4, -0.2) is 34.4 Å². The molecule has 0 saturated carbocycles. The molecule has 0 fully saturated rings. The molecule has 90 valence electrons. The standard InChI is InChI=1S/C9H13N4O3.Zn/c10-2-1-8(14)13-7(9(15)16)3-6-4-11-5-12-6;/h4-5,7,10H,1-3H2,(H,11,12)(H,13,14)(H,15,16);/q-1;/p-2/t7-;/m0./s1. The number of aliphatic carboxylic acids is 1. The molecule has 0 aliphatic rings. The summed E-state index contributed by atoms with van der Waals surface area (Å²) >= 11 is 0. The Morgan fingerprint density at radius 1 is 1.59 bits per heavy atom. The Labute approximate surface area is 111 Å². The summed E-state index contributed by atoms with van der Waals surface area (Å²) in [7, 11) is 0. The molecule has 0 aliphatic carbocycles. The second-order valence-electron chi connectivity index (χ2n) is 3.14. The van der Waals surface area contributed by atoms with Crippen molar-refractivity contribution in [2.75, 3.05) is 6.54 Å². The minimum atomic E-state index is -1.41. The van der Waals surface area contributed by atoms with Crippen molar-refractivity contribution in [3.05, 3.63) is 24.0 Å². The van der Waals surface area contributed by atoms with Crippen molar-refractivity contribution in [3.63, 3.8) is 0 Å². The number of carbonyl (C=O) groups excluding carboxylic acids is 1. The fraction of sp³-hybridized carbons (Fsp3) is 0.444. The number of carboxylic acids is 1. The number of aliphatic imine (C=N–C) groups is 1. The molecule has 0 radical (unpaired) electrons. The molecule has 8 heteroatoms. The molecule has 2 N–H and O–H groups in total. The van der Waals surface area contributed by atoms with Crippen LogP contribution in [0.5, 0.6) is 0 Å². The third-order valence-electron chi connectivity index (χ3n) is 1.88. The molecule has 1 aromatic rings. The topological polar surface area (TPSA) is 128 Å². The van der Waals surface area contributed by atoms with Gasteiger partial charge in [0.15, 0.2) is 0 Å². The average molecular weight is 289 g/mol. The first kappa shape index (κ1) is 15.7. The van der Waals surface area contributed by atoms with Gasteiger partial charge in [0.25, 0.3) is 0 Å². The van der Waals surface area contributed by atoms with Gasteiger partial charge in [0, 0.05) is 37.8 Å². The SMILES string of the molecule is [NH-]CCC([O-])=N[C@@H](Cc1cnc[nH]1)C(=O)[O-].[Zn]. The number of carbonyl (C=O) groups is 1. The van der Waals surface area contributed by atoms with E-state index in [9.17, 15) is 15.0 Å². The van der Waals surface area contributed by atoms with Crippen molar-refractivity contribution in [2.24, 2.45) is 4.99 Å². The monoisotopic (exact) mass is 287 g/mol. The summed E-state index contributed by atoms with van der Waals surface area (Å²) in [5.74, 6) is -2.00. The van der Waals surface area contributed by atoms with Gasteiger partial charge in [0.05, 0.1) is 18.3 Å².